The van der Waals surface area contributed by atoms with Crippen LogP contribution in [0, 0.1) is 0 Å². The molecule has 0 bridgehead atoms. The molecule has 4 nitrogen and oxygen atoms in total. The number of carbonyl (C=O) groups is 1. The molecule has 4 heteroatoms. The van der Waals surface area contributed by atoms with E-state index in [0.29, 0.717) is 17.8 Å². The minimum atomic E-state index is -0.0383. The molecule has 0 spiro atoms. The highest BCUT2D eigenvalue weighted by Gasteiger charge is 2.19. The van der Waals surface area contributed by atoms with Gasteiger partial charge in [-0.3, -0.25) is 9.78 Å². The van der Waals surface area contributed by atoms with Crippen molar-refractivity contribution in [1.29, 1.82) is 0 Å². The number of amides is 1. The summed E-state index contributed by atoms with van der Waals surface area (Å²) < 4.78 is 0. The van der Waals surface area contributed by atoms with Crippen LogP contribution in [0.3, 0.4) is 0 Å². The van der Waals surface area contributed by atoms with Crippen LogP contribution < -0.4 is 11.1 Å². The minimum absolute atomic E-state index is 0.0383. The van der Waals surface area contributed by atoms with E-state index in [1.807, 2.05) is 24.3 Å². The molecule has 0 fully saturated rings. The molecule has 3 N–H and O–H groups in total. The van der Waals surface area contributed by atoms with Crippen LogP contribution in [0.1, 0.15) is 5.56 Å². The van der Waals surface area contributed by atoms with Gasteiger partial charge in [-0.15, -0.1) is 0 Å². The normalized spacial score (nSPS) is 13.3. The number of nitrogens with two attached hydrogens (primary N) is 1. The smallest absolute Gasteiger partial charge is 0.228 e. The van der Waals surface area contributed by atoms with Crippen molar-refractivity contribution >= 4 is 17.3 Å². The summed E-state index contributed by atoms with van der Waals surface area (Å²) in [6.45, 7) is 0. The van der Waals surface area contributed by atoms with E-state index in [-0.39, 0.29) is 5.91 Å². The average molecular weight is 225 g/mol. The van der Waals surface area contributed by atoms with Crippen LogP contribution in [0.4, 0.5) is 11.4 Å². The molecule has 84 valence electrons. The van der Waals surface area contributed by atoms with Gasteiger partial charge in [-0.25, -0.2) is 0 Å². The quantitative estimate of drug-likeness (QED) is 0.718. The maximum absolute atomic E-state index is 11.7. The van der Waals surface area contributed by atoms with Crippen molar-refractivity contribution in [3.63, 3.8) is 0 Å². The molecule has 0 aliphatic carbocycles. The molecule has 1 aliphatic rings. The van der Waals surface area contributed by atoms with E-state index in [2.05, 4.69) is 10.3 Å². The summed E-state index contributed by atoms with van der Waals surface area (Å²) in [5.41, 5.74) is 9.66. The number of aromatic nitrogens is 1. The highest BCUT2D eigenvalue weighted by molar-refractivity contribution is 6.00. The summed E-state index contributed by atoms with van der Waals surface area (Å²) in [5, 5.41) is 2.83. The first-order valence-corrected chi connectivity index (χ1v) is 5.38. The zero-order valence-electron chi connectivity index (χ0n) is 9.10. The van der Waals surface area contributed by atoms with Crippen molar-refractivity contribution in [2.45, 2.75) is 6.42 Å². The number of hydrogen-bond acceptors (Lipinski definition) is 3. The van der Waals surface area contributed by atoms with E-state index < -0.39 is 0 Å². The van der Waals surface area contributed by atoms with Gasteiger partial charge in [0, 0.05) is 5.56 Å². The lowest BCUT2D eigenvalue weighted by molar-refractivity contribution is -0.115. The summed E-state index contributed by atoms with van der Waals surface area (Å²) in [7, 11) is 0. The van der Waals surface area contributed by atoms with Crippen LogP contribution >= 0.6 is 0 Å². The monoisotopic (exact) mass is 225 g/mol. The van der Waals surface area contributed by atoms with Gasteiger partial charge in [-0.2, -0.15) is 0 Å². The summed E-state index contributed by atoms with van der Waals surface area (Å²) in [5.74, 6) is -0.0383. The van der Waals surface area contributed by atoms with Gasteiger partial charge in [0.15, 0.2) is 0 Å². The molecule has 1 aromatic heterocycles. The Kier molecular flexibility index (Phi) is 2.08. The Balaban J connectivity index is 2.29. The van der Waals surface area contributed by atoms with E-state index in [1.54, 1.807) is 12.3 Å². The van der Waals surface area contributed by atoms with Crippen molar-refractivity contribution in [1.82, 2.24) is 4.98 Å². The first-order chi connectivity index (χ1) is 8.24. The van der Waals surface area contributed by atoms with Gasteiger partial charge in [0.05, 0.1) is 29.7 Å². The van der Waals surface area contributed by atoms with Crippen molar-refractivity contribution in [2.24, 2.45) is 0 Å². The Morgan fingerprint density at radius 3 is 3.00 bits per heavy atom. The lowest BCUT2D eigenvalue weighted by Crippen LogP contribution is -2.12. The number of carbonyl (C=O) groups excluding carboxylic acids is 1. The summed E-state index contributed by atoms with van der Waals surface area (Å²) in [6.07, 6.45) is 1.97. The van der Waals surface area contributed by atoms with Crippen LogP contribution in [-0.4, -0.2) is 10.9 Å². The van der Waals surface area contributed by atoms with Crippen LogP contribution in [-0.2, 0) is 11.2 Å². The Bertz CT molecular complexity index is 607. The largest absolute Gasteiger partial charge is 0.397 e. The maximum atomic E-state index is 11.7. The van der Waals surface area contributed by atoms with Gasteiger partial charge in [-0.1, -0.05) is 24.3 Å². The molecule has 0 saturated heterocycles. The van der Waals surface area contributed by atoms with Crippen molar-refractivity contribution in [3.05, 3.63) is 42.1 Å². The second-order valence-electron chi connectivity index (χ2n) is 4.05. The number of nitrogens with one attached hydrogen (secondary N) is 1. The van der Waals surface area contributed by atoms with Crippen molar-refractivity contribution in [2.75, 3.05) is 11.1 Å². The van der Waals surface area contributed by atoms with E-state index >= 15 is 0 Å². The average Bonchev–Trinajstić information content (AvgIpc) is 2.43. The first-order valence-electron chi connectivity index (χ1n) is 5.38. The second kappa shape index (κ2) is 3.59. The van der Waals surface area contributed by atoms with Crippen LogP contribution in [0.2, 0.25) is 0 Å². The molecule has 2 heterocycles. The lowest BCUT2D eigenvalue weighted by Gasteiger charge is -2.07. The van der Waals surface area contributed by atoms with Crippen molar-refractivity contribution in [3.8, 4) is 11.3 Å². The van der Waals surface area contributed by atoms with Gasteiger partial charge in [0.25, 0.3) is 0 Å². The molecule has 0 saturated carbocycles. The van der Waals surface area contributed by atoms with E-state index in [1.165, 1.54) is 0 Å². The predicted octanol–water partition coefficient (Wildman–Crippen LogP) is 1.83. The fourth-order valence-corrected chi connectivity index (χ4v) is 2.06. The summed E-state index contributed by atoms with van der Waals surface area (Å²) in [4.78, 5) is 16.1. The number of nitrogens with zero attached hydrogens (tertiary/aromatic N) is 1. The fraction of sp³-hybridized carbons (Fsp3) is 0.0769. The van der Waals surface area contributed by atoms with Gasteiger partial charge in [0.1, 0.15) is 0 Å². The minimum Gasteiger partial charge on any atom is -0.397 e. The standard InChI is InChI=1S/C13H11N3O/c14-9-6-11-13(15-7-9)10-4-2-1-3-8(10)5-12(17)16-11/h1-4,6-7H,5,14H2,(H,16,17). The number of hydrogen-bond donors (Lipinski definition) is 2. The first kappa shape index (κ1) is 9.84. The molecule has 0 unspecified atom stereocenters. The van der Waals surface area contributed by atoms with Crippen LogP contribution in [0.25, 0.3) is 11.3 Å². The Labute approximate surface area is 98.5 Å². The predicted molar refractivity (Wildman–Crippen MR) is 66.4 cm³/mol. The molecule has 3 rings (SSSR count). The third kappa shape index (κ3) is 1.63. The fourth-order valence-electron chi connectivity index (χ4n) is 2.06. The third-order valence-electron chi connectivity index (χ3n) is 2.81. The van der Waals surface area contributed by atoms with Gasteiger partial charge < -0.3 is 11.1 Å². The molecule has 1 aliphatic heterocycles. The number of anilines is 2. The highest BCUT2D eigenvalue weighted by atomic mass is 16.1. The molecule has 1 amide bonds. The van der Waals surface area contributed by atoms with Crippen LogP contribution in [0.5, 0.6) is 0 Å². The maximum Gasteiger partial charge on any atom is 0.228 e. The topological polar surface area (TPSA) is 68.0 Å². The van der Waals surface area contributed by atoms with Crippen LogP contribution in [0.15, 0.2) is 36.5 Å². The number of benzene rings is 1. The summed E-state index contributed by atoms with van der Waals surface area (Å²) >= 11 is 0. The highest BCUT2D eigenvalue weighted by Crippen LogP contribution is 2.32. The van der Waals surface area contributed by atoms with E-state index in [0.717, 1.165) is 16.8 Å². The SMILES string of the molecule is Nc1cnc2c(c1)NC(=O)Cc1ccccc1-2. The molecule has 1 aromatic carbocycles. The van der Waals surface area contributed by atoms with Crippen molar-refractivity contribution < 1.29 is 4.79 Å². The Morgan fingerprint density at radius 2 is 2.12 bits per heavy atom. The lowest BCUT2D eigenvalue weighted by atomic mass is 10.0. The summed E-state index contributed by atoms with van der Waals surface area (Å²) in [6, 6.07) is 9.52. The second-order valence-corrected chi connectivity index (χ2v) is 4.05. The Hall–Kier alpha value is -2.36. The molecule has 0 atom stereocenters. The van der Waals surface area contributed by atoms with Gasteiger partial charge >= 0.3 is 0 Å². The number of fused-ring (bicyclic) bond motifs is 3. The van der Waals surface area contributed by atoms with Gasteiger partial charge in [0.2, 0.25) is 5.91 Å². The van der Waals surface area contributed by atoms with E-state index in [4.69, 9.17) is 5.73 Å². The molecular formula is C13H11N3O. The number of pyridine rings is 1. The number of nitrogen functional groups attached to an aromatic ring is 1. The molecule has 17 heavy (non-hydrogen) atoms. The number of rotatable bonds is 0. The molecule has 2 aromatic rings. The zero-order valence-corrected chi connectivity index (χ0v) is 9.10. The Morgan fingerprint density at radius 1 is 1.29 bits per heavy atom. The van der Waals surface area contributed by atoms with Gasteiger partial charge in [-0.05, 0) is 11.6 Å². The molecule has 0 radical (unpaired) electrons. The van der Waals surface area contributed by atoms with E-state index in [9.17, 15) is 4.79 Å². The molecular weight excluding hydrogens is 214 g/mol. The third-order valence-corrected chi connectivity index (χ3v) is 2.81. The zero-order chi connectivity index (χ0) is 11.8.